The number of carbonyl (C=O) groups is 2. The van der Waals surface area contributed by atoms with E-state index in [9.17, 15) is 27.5 Å². The maximum atomic E-state index is 14.2. The minimum absolute atomic E-state index is 0.0259. The molecule has 3 rings (SSSR count). The topological polar surface area (TPSA) is 148 Å². The normalized spacial score (nSPS) is 21.9. The van der Waals surface area contributed by atoms with Crippen molar-refractivity contribution >= 4 is 21.8 Å². The number of nitrogens with two attached hydrogens (primary N) is 1. The van der Waals surface area contributed by atoms with Gasteiger partial charge in [0, 0.05) is 6.42 Å². The number of halogens is 1. The Balaban J connectivity index is 1.69. The van der Waals surface area contributed by atoms with Crippen molar-refractivity contribution in [1.82, 2.24) is 10.6 Å². The Hall–Kier alpha value is -2.08. The number of nitrogens with one attached hydrogen (secondary N) is 2. The first-order chi connectivity index (χ1) is 15.5. The van der Waals surface area contributed by atoms with E-state index in [1.807, 2.05) is 0 Å². The van der Waals surface area contributed by atoms with Gasteiger partial charge in [-0.2, -0.15) is 0 Å². The number of primary sulfonamides is 1. The molecule has 2 unspecified atom stereocenters. The van der Waals surface area contributed by atoms with Gasteiger partial charge in [0.25, 0.3) is 0 Å². The van der Waals surface area contributed by atoms with E-state index in [0.29, 0.717) is 24.5 Å². The van der Waals surface area contributed by atoms with Gasteiger partial charge in [-0.3, -0.25) is 14.9 Å². The highest BCUT2D eigenvalue weighted by Crippen LogP contribution is 2.36. The number of piperidine rings is 1. The molecule has 0 aromatic heterocycles. The molecular weight excluding hydrogens is 453 g/mol. The van der Waals surface area contributed by atoms with Crippen molar-refractivity contribution < 1.29 is 32.2 Å². The summed E-state index contributed by atoms with van der Waals surface area (Å²) in [5.41, 5.74) is -1.22. The molecule has 184 valence electrons. The molecule has 1 aromatic carbocycles. The fourth-order valence-electron chi connectivity index (χ4n) is 3.93. The van der Waals surface area contributed by atoms with Gasteiger partial charge in [-0.25, -0.2) is 17.9 Å². The molecule has 0 spiro atoms. The van der Waals surface area contributed by atoms with Crippen molar-refractivity contribution in [3.05, 3.63) is 29.6 Å². The number of amides is 2. The number of rotatable bonds is 12. The van der Waals surface area contributed by atoms with E-state index in [1.54, 1.807) is 6.92 Å². The molecule has 1 heterocycles. The third-order valence-corrected chi connectivity index (χ3v) is 7.68. The third kappa shape index (κ3) is 6.95. The predicted octanol–water partition coefficient (Wildman–Crippen LogP) is 1.04. The fourth-order valence-corrected chi connectivity index (χ4v) is 4.88. The first-order valence-corrected chi connectivity index (χ1v) is 12.9. The Labute approximate surface area is 193 Å². The van der Waals surface area contributed by atoms with E-state index in [-0.39, 0.29) is 43.9 Å². The van der Waals surface area contributed by atoms with Crippen molar-refractivity contribution in [2.75, 3.05) is 13.2 Å². The molecule has 1 saturated carbocycles. The molecule has 1 aliphatic heterocycles. The molecule has 2 amide bonds. The SMILES string of the molecule is CC[C@](O)(CC(CCNC1CCC(=O)NC1=O)S(N)(=O)=O)c1ccc(F)c(OCC2CC2)c1. The van der Waals surface area contributed by atoms with Crippen LogP contribution in [-0.2, 0) is 25.2 Å². The van der Waals surface area contributed by atoms with Crippen LogP contribution in [0, 0.1) is 11.7 Å². The maximum Gasteiger partial charge on any atom is 0.243 e. The van der Waals surface area contributed by atoms with Crippen molar-refractivity contribution in [2.24, 2.45) is 11.1 Å². The number of imide groups is 1. The van der Waals surface area contributed by atoms with Crippen LogP contribution >= 0.6 is 0 Å². The number of carbonyl (C=O) groups excluding carboxylic acids is 2. The van der Waals surface area contributed by atoms with Crippen LogP contribution in [0.1, 0.15) is 57.4 Å². The molecule has 5 N–H and O–H groups in total. The van der Waals surface area contributed by atoms with Crippen LogP contribution in [0.15, 0.2) is 18.2 Å². The standard InChI is InChI=1S/C22H32FN3O6S/c1-2-22(29,15-5-6-17(23)19(11-15)32-13-14-3-4-14)12-16(33(24,30)31)9-10-25-18-7-8-20(27)26-21(18)28/h5-6,11,14,16,18,25,29H,2-4,7-10,12-13H2,1H3,(H2,24,30,31)(H,26,27,28)/t16?,18?,22-/m0/s1. The fraction of sp³-hybridized carbons (Fsp3) is 0.636. The van der Waals surface area contributed by atoms with E-state index in [4.69, 9.17) is 9.88 Å². The van der Waals surface area contributed by atoms with Gasteiger partial charge in [0.2, 0.25) is 21.8 Å². The summed E-state index contributed by atoms with van der Waals surface area (Å²) < 4.78 is 44.3. The number of benzene rings is 1. The largest absolute Gasteiger partial charge is 0.490 e. The van der Waals surface area contributed by atoms with Crippen molar-refractivity contribution in [2.45, 2.75) is 68.8 Å². The highest BCUT2D eigenvalue weighted by atomic mass is 32.2. The van der Waals surface area contributed by atoms with E-state index in [1.165, 1.54) is 18.2 Å². The van der Waals surface area contributed by atoms with Crippen LogP contribution < -0.4 is 20.5 Å². The molecule has 1 aliphatic carbocycles. The van der Waals surface area contributed by atoms with Gasteiger partial charge in [0.05, 0.1) is 23.5 Å². The van der Waals surface area contributed by atoms with Crippen molar-refractivity contribution in [3.8, 4) is 5.75 Å². The lowest BCUT2D eigenvalue weighted by Gasteiger charge is -2.31. The monoisotopic (exact) mass is 485 g/mol. The van der Waals surface area contributed by atoms with Gasteiger partial charge in [0.15, 0.2) is 11.6 Å². The molecule has 33 heavy (non-hydrogen) atoms. The first kappa shape index (κ1) is 25.5. The Morgan fingerprint density at radius 2 is 2.06 bits per heavy atom. The lowest BCUT2D eigenvalue weighted by atomic mass is 9.85. The summed E-state index contributed by atoms with van der Waals surface area (Å²) in [7, 11) is -4.03. The number of aliphatic hydroxyl groups is 1. The number of sulfonamides is 1. The molecule has 11 heteroatoms. The summed E-state index contributed by atoms with van der Waals surface area (Å²) in [6, 6.07) is 3.44. The Morgan fingerprint density at radius 1 is 1.33 bits per heavy atom. The lowest BCUT2D eigenvalue weighted by Crippen LogP contribution is -2.51. The van der Waals surface area contributed by atoms with E-state index in [2.05, 4.69) is 10.6 Å². The number of ether oxygens (including phenoxy) is 1. The second-order valence-electron chi connectivity index (χ2n) is 8.95. The second kappa shape index (κ2) is 10.5. The molecular formula is C22H32FN3O6S. The zero-order valence-corrected chi connectivity index (χ0v) is 19.5. The summed E-state index contributed by atoms with van der Waals surface area (Å²) >= 11 is 0. The van der Waals surface area contributed by atoms with Gasteiger partial charge in [-0.05, 0) is 68.7 Å². The van der Waals surface area contributed by atoms with Gasteiger partial charge in [-0.1, -0.05) is 13.0 Å². The molecule has 1 aromatic rings. The molecule has 9 nitrogen and oxygen atoms in total. The third-order valence-electron chi connectivity index (χ3n) is 6.35. The lowest BCUT2D eigenvalue weighted by molar-refractivity contribution is -0.134. The van der Waals surface area contributed by atoms with Gasteiger partial charge in [0.1, 0.15) is 0 Å². The quantitative estimate of drug-likeness (QED) is 0.323. The summed E-state index contributed by atoms with van der Waals surface area (Å²) in [6.45, 7) is 2.25. The van der Waals surface area contributed by atoms with E-state index < -0.39 is 38.6 Å². The van der Waals surface area contributed by atoms with E-state index in [0.717, 1.165) is 12.8 Å². The Kier molecular flexibility index (Phi) is 8.09. The van der Waals surface area contributed by atoms with E-state index >= 15 is 0 Å². The average Bonchev–Trinajstić information content (AvgIpc) is 3.57. The van der Waals surface area contributed by atoms with Crippen LogP contribution in [0.5, 0.6) is 5.75 Å². The zero-order valence-electron chi connectivity index (χ0n) is 18.7. The number of hydrogen-bond donors (Lipinski definition) is 4. The highest BCUT2D eigenvalue weighted by Gasteiger charge is 2.36. The Morgan fingerprint density at radius 3 is 2.67 bits per heavy atom. The summed E-state index contributed by atoms with van der Waals surface area (Å²) in [5.74, 6) is -0.893. The zero-order chi connectivity index (χ0) is 24.2. The first-order valence-electron chi connectivity index (χ1n) is 11.3. The smallest absolute Gasteiger partial charge is 0.243 e. The molecule has 0 radical (unpaired) electrons. The van der Waals surface area contributed by atoms with Crippen LogP contribution in [0.4, 0.5) is 4.39 Å². The molecule has 0 bridgehead atoms. The molecule has 2 fully saturated rings. The summed E-state index contributed by atoms with van der Waals surface area (Å²) in [5, 5.41) is 20.9. The van der Waals surface area contributed by atoms with Crippen LogP contribution in [-0.4, -0.2) is 49.8 Å². The minimum Gasteiger partial charge on any atom is -0.490 e. The average molecular weight is 486 g/mol. The summed E-state index contributed by atoms with van der Waals surface area (Å²) in [4.78, 5) is 23.1. The van der Waals surface area contributed by atoms with Gasteiger partial charge in [-0.15, -0.1) is 0 Å². The molecule has 3 atom stereocenters. The second-order valence-corrected chi connectivity index (χ2v) is 10.8. The van der Waals surface area contributed by atoms with Crippen LogP contribution in [0.3, 0.4) is 0 Å². The van der Waals surface area contributed by atoms with Crippen LogP contribution in [0.2, 0.25) is 0 Å². The van der Waals surface area contributed by atoms with Gasteiger partial charge < -0.3 is 15.2 Å². The predicted molar refractivity (Wildman–Crippen MR) is 119 cm³/mol. The molecule has 1 saturated heterocycles. The summed E-state index contributed by atoms with van der Waals surface area (Å²) in [6.07, 6.45) is 2.63. The molecule has 2 aliphatic rings. The number of hydrogen-bond acceptors (Lipinski definition) is 7. The van der Waals surface area contributed by atoms with Crippen molar-refractivity contribution in [1.29, 1.82) is 0 Å². The highest BCUT2D eigenvalue weighted by molar-refractivity contribution is 7.89. The van der Waals surface area contributed by atoms with Crippen molar-refractivity contribution in [3.63, 3.8) is 0 Å². The minimum atomic E-state index is -4.03. The Bertz CT molecular complexity index is 984. The maximum absolute atomic E-state index is 14.2. The van der Waals surface area contributed by atoms with Gasteiger partial charge >= 0.3 is 0 Å². The van der Waals surface area contributed by atoms with Crippen LogP contribution in [0.25, 0.3) is 0 Å².